The van der Waals surface area contributed by atoms with Gasteiger partial charge in [-0.3, -0.25) is 14.6 Å². The lowest BCUT2D eigenvalue weighted by Crippen LogP contribution is -2.50. The predicted octanol–water partition coefficient (Wildman–Crippen LogP) is 4.45. The van der Waals surface area contributed by atoms with Crippen molar-refractivity contribution in [2.24, 2.45) is 0 Å². The molecule has 1 N–H and O–H groups in total. The van der Waals surface area contributed by atoms with Crippen LogP contribution in [0.25, 0.3) is 0 Å². The van der Waals surface area contributed by atoms with Crippen molar-refractivity contribution in [2.45, 2.75) is 56.0 Å². The summed E-state index contributed by atoms with van der Waals surface area (Å²) < 4.78 is 25.8. The maximum absolute atomic E-state index is 13.8. The third-order valence-electron chi connectivity index (χ3n) is 6.53. The number of carbonyl (C=O) groups excluding carboxylic acids is 2. The van der Waals surface area contributed by atoms with E-state index >= 15 is 0 Å². The van der Waals surface area contributed by atoms with Gasteiger partial charge in [0.25, 0.3) is 5.91 Å². The van der Waals surface area contributed by atoms with E-state index in [0.29, 0.717) is 11.3 Å². The van der Waals surface area contributed by atoms with Crippen LogP contribution in [0.15, 0.2) is 83.9 Å². The molecule has 36 heavy (non-hydrogen) atoms. The average Bonchev–Trinajstić information content (AvgIpc) is 2.92. The average molecular weight is 506 g/mol. The minimum atomic E-state index is -3.77. The highest BCUT2D eigenvalue weighted by Gasteiger charge is 2.38. The molecule has 8 heteroatoms. The molecular weight excluding hydrogens is 474 g/mol. The van der Waals surface area contributed by atoms with E-state index in [-0.39, 0.29) is 16.8 Å². The number of hydrogen-bond acceptors (Lipinski definition) is 5. The number of nitrogens with one attached hydrogen (secondary N) is 1. The van der Waals surface area contributed by atoms with Gasteiger partial charge < -0.3 is 10.2 Å². The second kappa shape index (κ2) is 11.5. The van der Waals surface area contributed by atoms with Crippen molar-refractivity contribution in [2.75, 3.05) is 5.88 Å². The van der Waals surface area contributed by atoms with Crippen molar-refractivity contribution >= 4 is 21.7 Å². The highest BCUT2D eigenvalue weighted by molar-refractivity contribution is 7.91. The third kappa shape index (κ3) is 5.99. The molecular formula is C28H31N3O4S. The van der Waals surface area contributed by atoms with Gasteiger partial charge in [-0.05, 0) is 56.2 Å². The Kier molecular flexibility index (Phi) is 8.15. The fourth-order valence-electron chi connectivity index (χ4n) is 4.62. The number of sulfone groups is 1. The highest BCUT2D eigenvalue weighted by Crippen LogP contribution is 2.32. The summed E-state index contributed by atoms with van der Waals surface area (Å²) in [5, 5.41) is 2.60. The zero-order valence-corrected chi connectivity index (χ0v) is 21.2. The number of nitrogens with zero attached hydrogens (tertiary/aromatic N) is 2. The van der Waals surface area contributed by atoms with Crippen molar-refractivity contribution in [3.63, 3.8) is 0 Å². The Morgan fingerprint density at radius 3 is 2.25 bits per heavy atom. The second-order valence-electron chi connectivity index (χ2n) is 9.14. The Morgan fingerprint density at radius 2 is 1.61 bits per heavy atom. The monoisotopic (exact) mass is 505 g/mol. The van der Waals surface area contributed by atoms with Crippen LogP contribution >= 0.6 is 0 Å². The molecule has 0 bridgehead atoms. The van der Waals surface area contributed by atoms with Crippen LogP contribution in [-0.2, 0) is 14.6 Å². The van der Waals surface area contributed by atoms with Crippen LogP contribution in [0.2, 0.25) is 0 Å². The molecule has 0 spiro atoms. The van der Waals surface area contributed by atoms with E-state index in [4.69, 9.17) is 0 Å². The fraction of sp³-hybridized carbons (Fsp3) is 0.321. The summed E-state index contributed by atoms with van der Waals surface area (Å²) >= 11 is 0. The lowest BCUT2D eigenvalue weighted by Gasteiger charge is -2.39. The molecule has 1 saturated carbocycles. The van der Waals surface area contributed by atoms with Gasteiger partial charge in [-0.1, -0.05) is 61.2 Å². The number of carbonyl (C=O) groups is 2. The molecule has 1 heterocycles. The first-order chi connectivity index (χ1) is 17.4. The van der Waals surface area contributed by atoms with E-state index in [2.05, 4.69) is 10.3 Å². The lowest BCUT2D eigenvalue weighted by molar-refractivity contribution is -0.126. The van der Waals surface area contributed by atoms with E-state index in [1.54, 1.807) is 65.7 Å². The van der Waals surface area contributed by atoms with E-state index in [1.165, 1.54) is 12.1 Å². The van der Waals surface area contributed by atoms with Crippen molar-refractivity contribution < 1.29 is 18.0 Å². The SMILES string of the molecule is Cc1ccc(S(=O)(=O)CNC(=O)C(c2ccccn2)N(C(=O)c2ccccc2)C2CCCCC2)cc1. The summed E-state index contributed by atoms with van der Waals surface area (Å²) in [6, 6.07) is 19.3. The van der Waals surface area contributed by atoms with Gasteiger partial charge in [-0.15, -0.1) is 0 Å². The fourth-order valence-corrected chi connectivity index (χ4v) is 5.67. The Hall–Kier alpha value is -3.52. The van der Waals surface area contributed by atoms with Gasteiger partial charge >= 0.3 is 0 Å². The maximum atomic E-state index is 13.8. The summed E-state index contributed by atoms with van der Waals surface area (Å²) in [5.41, 5.74) is 1.82. The van der Waals surface area contributed by atoms with Gasteiger partial charge in [0.05, 0.1) is 10.6 Å². The van der Waals surface area contributed by atoms with E-state index in [9.17, 15) is 18.0 Å². The summed E-state index contributed by atoms with van der Waals surface area (Å²) in [7, 11) is -3.77. The largest absolute Gasteiger partial charge is 0.340 e. The van der Waals surface area contributed by atoms with Gasteiger partial charge in [0, 0.05) is 17.8 Å². The quantitative estimate of drug-likeness (QED) is 0.488. The third-order valence-corrected chi connectivity index (χ3v) is 8.05. The standard InChI is InChI=1S/C28H31N3O4S/c1-21-15-17-24(18-16-21)36(34,35)20-30-27(32)26(25-14-8-9-19-29-25)31(23-12-6-3-7-13-23)28(33)22-10-4-2-5-11-22/h2,4-5,8-11,14-19,23,26H,3,6-7,12-13,20H2,1H3,(H,30,32). The van der Waals surface area contributed by atoms with Crippen LogP contribution in [-0.4, -0.2) is 42.0 Å². The van der Waals surface area contributed by atoms with Crippen LogP contribution < -0.4 is 5.32 Å². The molecule has 1 fully saturated rings. The first kappa shape index (κ1) is 25.6. The molecule has 0 saturated heterocycles. The van der Waals surface area contributed by atoms with Gasteiger partial charge in [-0.25, -0.2) is 8.42 Å². The number of aromatic nitrogens is 1. The molecule has 0 radical (unpaired) electrons. The zero-order chi connectivity index (χ0) is 25.5. The van der Waals surface area contributed by atoms with Crippen LogP contribution in [0.5, 0.6) is 0 Å². The molecule has 1 aliphatic rings. The summed E-state index contributed by atoms with van der Waals surface area (Å²) in [6.45, 7) is 1.87. The van der Waals surface area contributed by atoms with Crippen molar-refractivity contribution in [3.05, 3.63) is 95.8 Å². The van der Waals surface area contributed by atoms with E-state index in [1.807, 2.05) is 13.0 Å². The number of pyridine rings is 1. The smallest absolute Gasteiger partial charge is 0.255 e. The van der Waals surface area contributed by atoms with Crippen LogP contribution in [0.4, 0.5) is 0 Å². The van der Waals surface area contributed by atoms with Crippen molar-refractivity contribution in [3.8, 4) is 0 Å². The summed E-state index contributed by atoms with van der Waals surface area (Å²) in [5.74, 6) is -1.41. The Balaban J connectivity index is 1.67. The Labute approximate surface area is 212 Å². The van der Waals surface area contributed by atoms with Gasteiger partial charge in [-0.2, -0.15) is 0 Å². The minimum Gasteiger partial charge on any atom is -0.340 e. The number of amides is 2. The van der Waals surface area contributed by atoms with Crippen molar-refractivity contribution in [1.82, 2.24) is 15.2 Å². The molecule has 3 aromatic rings. The summed E-state index contributed by atoms with van der Waals surface area (Å²) in [6.07, 6.45) is 6.13. The normalized spacial score (nSPS) is 15.1. The van der Waals surface area contributed by atoms with Gasteiger partial charge in [0.15, 0.2) is 15.9 Å². The molecule has 1 atom stereocenters. The topological polar surface area (TPSA) is 96.4 Å². The molecule has 7 nitrogen and oxygen atoms in total. The molecule has 1 aromatic heterocycles. The first-order valence-corrected chi connectivity index (χ1v) is 13.9. The first-order valence-electron chi connectivity index (χ1n) is 12.2. The van der Waals surface area contributed by atoms with Crippen LogP contribution in [0.3, 0.4) is 0 Å². The van der Waals surface area contributed by atoms with Crippen LogP contribution in [0, 0.1) is 6.92 Å². The molecule has 1 unspecified atom stereocenters. The van der Waals surface area contributed by atoms with Crippen molar-refractivity contribution in [1.29, 1.82) is 0 Å². The number of hydrogen-bond donors (Lipinski definition) is 1. The molecule has 188 valence electrons. The zero-order valence-electron chi connectivity index (χ0n) is 20.3. The lowest BCUT2D eigenvalue weighted by atomic mass is 9.91. The van der Waals surface area contributed by atoms with E-state index in [0.717, 1.165) is 37.7 Å². The number of rotatable bonds is 8. The molecule has 2 aromatic carbocycles. The molecule has 2 amide bonds. The Morgan fingerprint density at radius 1 is 0.944 bits per heavy atom. The minimum absolute atomic E-state index is 0.132. The maximum Gasteiger partial charge on any atom is 0.255 e. The number of aryl methyl sites for hydroxylation is 1. The molecule has 4 rings (SSSR count). The molecule has 1 aliphatic carbocycles. The summed E-state index contributed by atoms with van der Waals surface area (Å²) in [4.78, 5) is 33.7. The van der Waals surface area contributed by atoms with Gasteiger partial charge in [0.1, 0.15) is 5.88 Å². The predicted molar refractivity (Wildman–Crippen MR) is 138 cm³/mol. The van der Waals surface area contributed by atoms with Gasteiger partial charge in [0.2, 0.25) is 5.91 Å². The van der Waals surface area contributed by atoms with E-state index < -0.39 is 27.7 Å². The van der Waals surface area contributed by atoms with Crippen LogP contribution in [0.1, 0.15) is 59.8 Å². The number of benzene rings is 2. The Bertz CT molecular complexity index is 1270. The second-order valence-corrected chi connectivity index (χ2v) is 11.1. The highest BCUT2D eigenvalue weighted by atomic mass is 32.2. The molecule has 0 aliphatic heterocycles.